The van der Waals surface area contributed by atoms with Gasteiger partial charge < -0.3 is 10.1 Å². The molecule has 4 nitrogen and oxygen atoms in total. The van der Waals surface area contributed by atoms with Crippen molar-refractivity contribution in [2.24, 2.45) is 0 Å². The summed E-state index contributed by atoms with van der Waals surface area (Å²) in [5.74, 6) is -1.06. The summed E-state index contributed by atoms with van der Waals surface area (Å²) in [6.07, 6.45) is 2.58. The van der Waals surface area contributed by atoms with Gasteiger partial charge in [0.05, 0.1) is 16.5 Å². The van der Waals surface area contributed by atoms with Crippen molar-refractivity contribution in [3.8, 4) is 0 Å². The quantitative estimate of drug-likeness (QED) is 0.782. The summed E-state index contributed by atoms with van der Waals surface area (Å²) in [4.78, 5) is 26.6. The second kappa shape index (κ2) is 3.45. The molecule has 1 aliphatic rings. The molecule has 1 aromatic heterocycles. The Hall–Kier alpha value is -2.10. The molecule has 4 heteroatoms. The second-order valence-corrected chi connectivity index (χ2v) is 4.30. The Kier molecular flexibility index (Phi) is 2.04. The molecule has 0 aliphatic heterocycles. The summed E-state index contributed by atoms with van der Waals surface area (Å²) < 4.78 is 0. The lowest BCUT2D eigenvalue weighted by atomic mass is 10.0. The molecule has 0 unspecified atom stereocenters. The molecule has 0 radical (unpaired) electrons. The lowest BCUT2D eigenvalue weighted by Crippen LogP contribution is -2.14. The van der Waals surface area contributed by atoms with Crippen molar-refractivity contribution in [1.82, 2.24) is 4.98 Å². The first-order valence-corrected chi connectivity index (χ1v) is 5.58. The number of H-pyrrole nitrogens is 1. The van der Waals surface area contributed by atoms with E-state index in [1.165, 1.54) is 6.07 Å². The van der Waals surface area contributed by atoms with E-state index in [1.54, 1.807) is 12.1 Å². The number of fused-ring (bicyclic) bond motifs is 2. The zero-order valence-corrected chi connectivity index (χ0v) is 9.12. The van der Waals surface area contributed by atoms with Crippen LogP contribution in [0.5, 0.6) is 0 Å². The SMILES string of the molecule is O=C(O)c1cccc2[nH]c3c(c(=O)c12)CCC3. The van der Waals surface area contributed by atoms with Crippen molar-refractivity contribution in [2.75, 3.05) is 0 Å². The molecule has 0 fully saturated rings. The minimum absolute atomic E-state index is 0.0819. The van der Waals surface area contributed by atoms with Crippen molar-refractivity contribution in [3.05, 3.63) is 45.2 Å². The van der Waals surface area contributed by atoms with Crippen LogP contribution >= 0.6 is 0 Å². The third-order valence-corrected chi connectivity index (χ3v) is 3.30. The van der Waals surface area contributed by atoms with Gasteiger partial charge in [0.25, 0.3) is 0 Å². The van der Waals surface area contributed by atoms with Gasteiger partial charge in [0, 0.05) is 11.3 Å². The van der Waals surface area contributed by atoms with Crippen molar-refractivity contribution >= 4 is 16.9 Å². The molecule has 3 rings (SSSR count). The van der Waals surface area contributed by atoms with Gasteiger partial charge in [-0.25, -0.2) is 4.79 Å². The first-order valence-electron chi connectivity index (χ1n) is 5.58. The van der Waals surface area contributed by atoms with E-state index in [9.17, 15) is 9.59 Å². The summed E-state index contributed by atoms with van der Waals surface area (Å²) >= 11 is 0. The number of pyridine rings is 1. The summed E-state index contributed by atoms with van der Waals surface area (Å²) in [6, 6.07) is 4.88. The van der Waals surface area contributed by atoms with Crippen molar-refractivity contribution in [3.63, 3.8) is 0 Å². The minimum Gasteiger partial charge on any atom is -0.478 e. The number of aromatic nitrogens is 1. The molecule has 2 aromatic rings. The number of hydrogen-bond acceptors (Lipinski definition) is 2. The van der Waals surface area contributed by atoms with Gasteiger partial charge >= 0.3 is 5.97 Å². The lowest BCUT2D eigenvalue weighted by molar-refractivity contribution is 0.0699. The van der Waals surface area contributed by atoms with E-state index < -0.39 is 5.97 Å². The number of rotatable bonds is 1. The predicted molar refractivity (Wildman–Crippen MR) is 63.6 cm³/mol. The monoisotopic (exact) mass is 229 g/mol. The Labute approximate surface area is 96.9 Å². The maximum Gasteiger partial charge on any atom is 0.336 e. The number of benzene rings is 1. The Balaban J connectivity index is 2.49. The molecule has 1 heterocycles. The third-order valence-electron chi connectivity index (χ3n) is 3.30. The maximum atomic E-state index is 12.3. The Morgan fingerprint density at radius 2 is 2.12 bits per heavy atom. The van der Waals surface area contributed by atoms with Crippen LogP contribution in [0.4, 0.5) is 0 Å². The molecule has 1 aliphatic carbocycles. The van der Waals surface area contributed by atoms with Crippen molar-refractivity contribution in [1.29, 1.82) is 0 Å². The molecule has 0 bridgehead atoms. The van der Waals surface area contributed by atoms with Crippen molar-refractivity contribution in [2.45, 2.75) is 19.3 Å². The van der Waals surface area contributed by atoms with Crippen molar-refractivity contribution < 1.29 is 9.90 Å². The zero-order chi connectivity index (χ0) is 12.0. The van der Waals surface area contributed by atoms with Crippen LogP contribution in [0, 0.1) is 0 Å². The van der Waals surface area contributed by atoms with Crippen LogP contribution in [-0.2, 0) is 12.8 Å². The van der Waals surface area contributed by atoms with E-state index >= 15 is 0 Å². The zero-order valence-electron chi connectivity index (χ0n) is 9.12. The van der Waals surface area contributed by atoms with E-state index in [-0.39, 0.29) is 11.0 Å². The fourth-order valence-corrected chi connectivity index (χ4v) is 2.53. The van der Waals surface area contributed by atoms with Gasteiger partial charge in [-0.1, -0.05) is 6.07 Å². The molecule has 2 N–H and O–H groups in total. The summed E-state index contributed by atoms with van der Waals surface area (Å²) in [6.45, 7) is 0. The van der Waals surface area contributed by atoms with Gasteiger partial charge in [-0.2, -0.15) is 0 Å². The first kappa shape index (κ1) is 10.1. The normalized spacial score (nSPS) is 13.9. The van der Waals surface area contributed by atoms with Crippen LogP contribution in [0.15, 0.2) is 23.0 Å². The maximum absolute atomic E-state index is 12.3. The number of hydrogen-bond donors (Lipinski definition) is 2. The van der Waals surface area contributed by atoms with Gasteiger partial charge in [0.15, 0.2) is 5.43 Å². The summed E-state index contributed by atoms with van der Waals surface area (Å²) in [5, 5.41) is 9.41. The fraction of sp³-hybridized carbons (Fsp3) is 0.231. The van der Waals surface area contributed by atoms with Gasteiger partial charge in [-0.05, 0) is 31.4 Å². The third kappa shape index (κ3) is 1.37. The largest absolute Gasteiger partial charge is 0.478 e. The van der Waals surface area contributed by atoms with Crippen LogP contribution in [-0.4, -0.2) is 16.1 Å². The second-order valence-electron chi connectivity index (χ2n) is 4.30. The average Bonchev–Trinajstić information content (AvgIpc) is 2.76. The molecule has 0 saturated heterocycles. The highest BCUT2D eigenvalue weighted by molar-refractivity contribution is 6.02. The van der Waals surface area contributed by atoms with Gasteiger partial charge in [0.1, 0.15) is 0 Å². The van der Waals surface area contributed by atoms with Crippen LogP contribution < -0.4 is 5.43 Å². The molecule has 0 atom stereocenters. The van der Waals surface area contributed by atoms with Crippen LogP contribution in [0.2, 0.25) is 0 Å². The highest BCUT2D eigenvalue weighted by Gasteiger charge is 2.20. The average molecular weight is 229 g/mol. The first-order chi connectivity index (χ1) is 8.18. The molecular weight excluding hydrogens is 218 g/mol. The van der Waals surface area contributed by atoms with E-state index in [2.05, 4.69) is 4.98 Å². The molecule has 0 spiro atoms. The summed E-state index contributed by atoms with van der Waals surface area (Å²) in [5.41, 5.74) is 2.30. The molecule has 0 amide bonds. The van der Waals surface area contributed by atoms with E-state index in [4.69, 9.17) is 5.11 Å². The van der Waals surface area contributed by atoms with Crippen LogP contribution in [0.25, 0.3) is 10.9 Å². The topological polar surface area (TPSA) is 70.2 Å². The Morgan fingerprint density at radius 3 is 2.88 bits per heavy atom. The number of carbonyl (C=O) groups is 1. The number of aromatic carboxylic acids is 1. The number of carboxylic acids is 1. The summed E-state index contributed by atoms with van der Waals surface area (Å²) in [7, 11) is 0. The van der Waals surface area contributed by atoms with Gasteiger partial charge in [-0.3, -0.25) is 4.79 Å². The standard InChI is InChI=1S/C13H11NO3/c15-12-7-3-1-5-9(7)14-10-6-2-4-8(11(10)12)13(16)17/h2,4,6H,1,3,5H2,(H,14,15)(H,16,17). The van der Waals surface area contributed by atoms with Gasteiger partial charge in [-0.15, -0.1) is 0 Å². The highest BCUT2D eigenvalue weighted by Crippen LogP contribution is 2.22. The highest BCUT2D eigenvalue weighted by atomic mass is 16.4. The molecule has 0 saturated carbocycles. The Morgan fingerprint density at radius 1 is 1.29 bits per heavy atom. The Bertz CT molecular complexity index is 685. The number of nitrogens with one attached hydrogen (secondary N) is 1. The fourth-order valence-electron chi connectivity index (χ4n) is 2.53. The lowest BCUT2D eigenvalue weighted by Gasteiger charge is -2.05. The number of aryl methyl sites for hydroxylation is 1. The molecule has 17 heavy (non-hydrogen) atoms. The van der Waals surface area contributed by atoms with Crippen LogP contribution in [0.3, 0.4) is 0 Å². The molecule has 86 valence electrons. The van der Waals surface area contributed by atoms with E-state index in [1.807, 2.05) is 0 Å². The molecule has 1 aromatic carbocycles. The smallest absolute Gasteiger partial charge is 0.336 e. The van der Waals surface area contributed by atoms with E-state index in [0.717, 1.165) is 30.5 Å². The number of aromatic amines is 1. The number of carboxylic acid groups (broad SMARTS) is 1. The van der Waals surface area contributed by atoms with Crippen LogP contribution in [0.1, 0.15) is 28.0 Å². The predicted octanol–water partition coefficient (Wildman–Crippen LogP) is 1.71. The van der Waals surface area contributed by atoms with E-state index in [0.29, 0.717) is 10.9 Å². The van der Waals surface area contributed by atoms with Gasteiger partial charge in [0.2, 0.25) is 0 Å². The minimum atomic E-state index is -1.06. The molecular formula is C13H11NO3.